The Labute approximate surface area is 125 Å². The Bertz CT molecular complexity index is 468. The molecule has 0 radical (unpaired) electrons. The second kappa shape index (κ2) is 8.29. The van der Waals surface area contributed by atoms with Crippen molar-refractivity contribution in [2.75, 3.05) is 13.2 Å². The van der Waals surface area contributed by atoms with Gasteiger partial charge in [0.05, 0.1) is 19.4 Å². The van der Waals surface area contributed by atoms with Crippen molar-refractivity contribution in [2.45, 2.75) is 39.7 Å². The van der Waals surface area contributed by atoms with Crippen LogP contribution in [0.4, 0.5) is 0 Å². The summed E-state index contributed by atoms with van der Waals surface area (Å²) in [6.07, 6.45) is 0.203. The molecule has 0 aliphatic heterocycles. The van der Waals surface area contributed by atoms with Gasteiger partial charge >= 0.3 is 5.97 Å². The van der Waals surface area contributed by atoms with Crippen molar-refractivity contribution >= 4 is 11.9 Å². The molecule has 5 heteroatoms. The maximum absolute atomic E-state index is 12.1. The summed E-state index contributed by atoms with van der Waals surface area (Å²) in [5.74, 6) is -0.252. The molecule has 0 aliphatic rings. The number of nitrogens with zero attached hydrogens (tertiary/aromatic N) is 1. The van der Waals surface area contributed by atoms with Crippen LogP contribution in [0.3, 0.4) is 0 Å². The molecule has 1 amide bonds. The van der Waals surface area contributed by atoms with Gasteiger partial charge < -0.3 is 14.7 Å². The lowest BCUT2D eigenvalue weighted by Crippen LogP contribution is -2.39. The number of rotatable bonds is 8. The molecule has 0 atom stereocenters. The van der Waals surface area contributed by atoms with Gasteiger partial charge in [-0.25, -0.2) is 0 Å². The van der Waals surface area contributed by atoms with Crippen molar-refractivity contribution < 1.29 is 19.4 Å². The molecule has 0 saturated carbocycles. The number of aryl methyl sites for hydroxylation is 1. The van der Waals surface area contributed by atoms with Crippen LogP contribution in [0.1, 0.15) is 32.3 Å². The highest BCUT2D eigenvalue weighted by molar-refractivity contribution is 5.77. The van der Waals surface area contributed by atoms with Gasteiger partial charge in [-0.15, -0.1) is 0 Å². The number of carboxylic acids is 1. The minimum Gasteiger partial charge on any atom is -0.493 e. The van der Waals surface area contributed by atoms with Crippen LogP contribution in [-0.2, 0) is 9.59 Å². The van der Waals surface area contributed by atoms with Gasteiger partial charge in [0, 0.05) is 12.6 Å². The second-order valence-electron chi connectivity index (χ2n) is 5.24. The first-order chi connectivity index (χ1) is 9.90. The number of aliphatic carboxylic acids is 1. The van der Waals surface area contributed by atoms with Crippen molar-refractivity contribution in [3.05, 3.63) is 29.8 Å². The van der Waals surface area contributed by atoms with E-state index in [2.05, 4.69) is 0 Å². The molecule has 0 saturated heterocycles. The Kier molecular flexibility index (Phi) is 6.72. The van der Waals surface area contributed by atoms with Gasteiger partial charge in [-0.05, 0) is 32.9 Å². The van der Waals surface area contributed by atoms with Gasteiger partial charge in [0.1, 0.15) is 5.75 Å². The average molecular weight is 293 g/mol. The molecule has 116 valence electrons. The fourth-order valence-electron chi connectivity index (χ4n) is 1.92. The van der Waals surface area contributed by atoms with Crippen LogP contribution in [-0.4, -0.2) is 41.1 Å². The largest absolute Gasteiger partial charge is 0.493 e. The number of benzene rings is 1. The van der Waals surface area contributed by atoms with E-state index in [4.69, 9.17) is 9.84 Å². The highest BCUT2D eigenvalue weighted by Gasteiger charge is 2.17. The summed E-state index contributed by atoms with van der Waals surface area (Å²) >= 11 is 0. The molecule has 1 N–H and O–H groups in total. The molecule has 0 unspecified atom stereocenters. The first-order valence-corrected chi connectivity index (χ1v) is 7.11. The Hall–Kier alpha value is -2.04. The van der Waals surface area contributed by atoms with E-state index < -0.39 is 5.97 Å². The first-order valence-electron chi connectivity index (χ1n) is 7.11. The molecule has 21 heavy (non-hydrogen) atoms. The van der Waals surface area contributed by atoms with E-state index in [1.165, 1.54) is 0 Å². The van der Waals surface area contributed by atoms with E-state index in [1.807, 2.05) is 45.0 Å². The van der Waals surface area contributed by atoms with Crippen LogP contribution in [0.15, 0.2) is 24.3 Å². The monoisotopic (exact) mass is 293 g/mol. The molecule has 0 fully saturated rings. The van der Waals surface area contributed by atoms with Crippen LogP contribution in [0, 0.1) is 6.92 Å². The molecule has 5 nitrogen and oxygen atoms in total. The summed E-state index contributed by atoms with van der Waals surface area (Å²) in [7, 11) is 0. The quantitative estimate of drug-likeness (QED) is 0.799. The van der Waals surface area contributed by atoms with E-state index in [9.17, 15) is 9.59 Å². The minimum atomic E-state index is -0.899. The van der Waals surface area contributed by atoms with E-state index in [0.717, 1.165) is 11.3 Å². The molecular formula is C16H23NO4. The third-order valence-electron chi connectivity index (χ3n) is 3.12. The molecule has 0 heterocycles. The topological polar surface area (TPSA) is 66.8 Å². The maximum atomic E-state index is 12.1. The van der Waals surface area contributed by atoms with Gasteiger partial charge in [0.15, 0.2) is 0 Å². The lowest BCUT2D eigenvalue weighted by molar-refractivity contribution is -0.139. The number of amides is 1. The lowest BCUT2D eigenvalue weighted by atomic mass is 10.2. The second-order valence-corrected chi connectivity index (χ2v) is 5.24. The van der Waals surface area contributed by atoms with Gasteiger partial charge in [-0.3, -0.25) is 9.59 Å². The number of ether oxygens (including phenoxy) is 1. The molecule has 1 rings (SSSR count). The van der Waals surface area contributed by atoms with Crippen LogP contribution in [0.25, 0.3) is 0 Å². The van der Waals surface area contributed by atoms with Crippen molar-refractivity contribution in [3.8, 4) is 5.75 Å². The highest BCUT2D eigenvalue weighted by atomic mass is 16.5. The zero-order valence-corrected chi connectivity index (χ0v) is 12.8. The van der Waals surface area contributed by atoms with Crippen molar-refractivity contribution in [1.82, 2.24) is 4.90 Å². The van der Waals surface area contributed by atoms with E-state index >= 15 is 0 Å². The Morgan fingerprint density at radius 3 is 2.33 bits per heavy atom. The molecule has 1 aromatic carbocycles. The third kappa shape index (κ3) is 6.29. The summed E-state index contributed by atoms with van der Waals surface area (Å²) in [5.41, 5.74) is 1.15. The molecule has 0 aromatic heterocycles. The van der Waals surface area contributed by atoms with Crippen LogP contribution in [0.5, 0.6) is 5.75 Å². The summed E-state index contributed by atoms with van der Waals surface area (Å²) in [4.78, 5) is 24.3. The number of carbonyl (C=O) groups excluding carboxylic acids is 1. The average Bonchev–Trinajstić information content (AvgIpc) is 2.40. The van der Waals surface area contributed by atoms with Crippen LogP contribution in [0.2, 0.25) is 0 Å². The van der Waals surface area contributed by atoms with Gasteiger partial charge in [0.25, 0.3) is 0 Å². The van der Waals surface area contributed by atoms with Crippen molar-refractivity contribution in [1.29, 1.82) is 0 Å². The lowest BCUT2D eigenvalue weighted by Gasteiger charge is -2.26. The summed E-state index contributed by atoms with van der Waals surface area (Å²) in [5, 5.41) is 8.71. The maximum Gasteiger partial charge on any atom is 0.305 e. The minimum absolute atomic E-state index is 0.0174. The smallest absolute Gasteiger partial charge is 0.305 e. The fourth-order valence-corrected chi connectivity index (χ4v) is 1.92. The van der Waals surface area contributed by atoms with Crippen LogP contribution < -0.4 is 4.74 Å². The van der Waals surface area contributed by atoms with Crippen LogP contribution >= 0.6 is 0 Å². The van der Waals surface area contributed by atoms with E-state index in [1.54, 1.807) is 4.90 Å². The molecule has 0 aliphatic carbocycles. The standard InChI is InChI=1S/C16H23NO4/c1-12(2)17(10-8-16(19)20)15(18)9-11-21-14-6-4-13(3)5-7-14/h4-7,12H,8-11H2,1-3H3,(H,19,20). The normalized spacial score (nSPS) is 10.5. The zero-order valence-electron chi connectivity index (χ0n) is 12.8. The van der Waals surface area contributed by atoms with Crippen molar-refractivity contribution in [3.63, 3.8) is 0 Å². The number of hydrogen-bond donors (Lipinski definition) is 1. The van der Waals surface area contributed by atoms with Gasteiger partial charge in [-0.2, -0.15) is 0 Å². The summed E-state index contributed by atoms with van der Waals surface area (Å²) in [6.45, 7) is 6.27. The first kappa shape index (κ1) is 17.0. The Morgan fingerprint density at radius 1 is 1.19 bits per heavy atom. The van der Waals surface area contributed by atoms with Crippen molar-refractivity contribution in [2.24, 2.45) is 0 Å². The molecular weight excluding hydrogens is 270 g/mol. The third-order valence-corrected chi connectivity index (χ3v) is 3.12. The molecule has 0 spiro atoms. The van der Waals surface area contributed by atoms with E-state index in [-0.39, 0.29) is 37.9 Å². The Balaban J connectivity index is 2.42. The molecule has 1 aromatic rings. The van der Waals surface area contributed by atoms with Gasteiger partial charge in [-0.1, -0.05) is 17.7 Å². The molecule has 0 bridgehead atoms. The highest BCUT2D eigenvalue weighted by Crippen LogP contribution is 2.12. The predicted octanol–water partition coefficient (Wildman–Crippen LogP) is 2.48. The number of carboxylic acid groups (broad SMARTS) is 1. The number of hydrogen-bond acceptors (Lipinski definition) is 3. The van der Waals surface area contributed by atoms with E-state index in [0.29, 0.717) is 0 Å². The number of carbonyl (C=O) groups is 2. The predicted molar refractivity (Wildman–Crippen MR) is 80.4 cm³/mol. The SMILES string of the molecule is Cc1ccc(OCCC(=O)N(CCC(=O)O)C(C)C)cc1. The Morgan fingerprint density at radius 2 is 1.81 bits per heavy atom. The fraction of sp³-hybridized carbons (Fsp3) is 0.500. The zero-order chi connectivity index (χ0) is 15.8. The summed E-state index contributed by atoms with van der Waals surface area (Å²) < 4.78 is 5.52. The summed E-state index contributed by atoms with van der Waals surface area (Å²) in [6, 6.07) is 7.61. The van der Waals surface area contributed by atoms with Gasteiger partial charge in [0.2, 0.25) is 5.91 Å².